The Morgan fingerprint density at radius 2 is 2.00 bits per heavy atom. The fourth-order valence-electron chi connectivity index (χ4n) is 1.77. The van der Waals surface area contributed by atoms with Crippen LogP contribution < -0.4 is 0 Å². The predicted molar refractivity (Wildman–Crippen MR) is 64.7 cm³/mol. The average Bonchev–Trinajstić information content (AvgIpc) is 2.37. The number of hydrogen-bond donors (Lipinski definition) is 0. The quantitative estimate of drug-likeness (QED) is 0.842. The minimum Gasteiger partial charge on any atom is -0.486 e. The van der Waals surface area contributed by atoms with Crippen molar-refractivity contribution in [2.45, 2.75) is 25.6 Å². The molecule has 19 heavy (non-hydrogen) atoms. The zero-order valence-corrected chi connectivity index (χ0v) is 10.4. The number of allylic oxidation sites excluding steroid dienone is 2. The lowest BCUT2D eigenvalue weighted by molar-refractivity contribution is -0.173. The maximum absolute atomic E-state index is 13.6. The molecule has 0 N–H and O–H groups in total. The van der Waals surface area contributed by atoms with Crippen LogP contribution >= 0.6 is 0 Å². The van der Waals surface area contributed by atoms with Crippen LogP contribution in [0.15, 0.2) is 42.2 Å². The summed E-state index contributed by atoms with van der Waals surface area (Å²) >= 11 is 0. The molecule has 1 atom stereocenters. The van der Waals surface area contributed by atoms with Crippen LogP contribution in [0, 0.1) is 0 Å². The van der Waals surface area contributed by atoms with E-state index in [0.717, 1.165) is 11.6 Å². The molecule has 3 nitrogen and oxygen atoms in total. The largest absolute Gasteiger partial charge is 0.486 e. The number of ketones is 1. The van der Waals surface area contributed by atoms with E-state index in [-0.39, 0.29) is 19.0 Å². The first-order chi connectivity index (χ1) is 9.00. The van der Waals surface area contributed by atoms with Crippen LogP contribution in [0.2, 0.25) is 0 Å². The molecule has 102 valence electrons. The molecular weight excluding hydrogens is 254 g/mol. The maximum Gasteiger partial charge on any atom is 0.347 e. The van der Waals surface area contributed by atoms with Crippen molar-refractivity contribution in [1.82, 2.24) is 0 Å². The van der Waals surface area contributed by atoms with Crippen molar-refractivity contribution in [2.75, 3.05) is 6.61 Å². The predicted octanol–water partition coefficient (Wildman–Crippen LogP) is 2.71. The third kappa shape index (κ3) is 3.17. The van der Waals surface area contributed by atoms with Gasteiger partial charge in [0.2, 0.25) is 5.78 Å². The van der Waals surface area contributed by atoms with E-state index in [9.17, 15) is 13.6 Å². The van der Waals surface area contributed by atoms with Gasteiger partial charge in [0.1, 0.15) is 0 Å². The zero-order valence-electron chi connectivity index (χ0n) is 10.4. The summed E-state index contributed by atoms with van der Waals surface area (Å²) in [6, 6.07) is 9.18. The van der Waals surface area contributed by atoms with Gasteiger partial charge >= 0.3 is 5.92 Å². The lowest BCUT2D eigenvalue weighted by atomic mass is 10.1. The molecule has 0 fully saturated rings. The highest BCUT2D eigenvalue weighted by Gasteiger charge is 2.50. The summed E-state index contributed by atoms with van der Waals surface area (Å²) in [6.07, 6.45) is -0.748. The Bertz CT molecular complexity index is 483. The van der Waals surface area contributed by atoms with Crippen LogP contribution in [0.3, 0.4) is 0 Å². The van der Waals surface area contributed by atoms with Crippen molar-refractivity contribution in [1.29, 1.82) is 0 Å². The second-order valence-electron chi connectivity index (χ2n) is 4.35. The second kappa shape index (κ2) is 5.48. The van der Waals surface area contributed by atoms with Crippen molar-refractivity contribution in [3.05, 3.63) is 47.7 Å². The minimum atomic E-state index is -3.53. The Morgan fingerprint density at radius 1 is 1.32 bits per heavy atom. The number of carbonyl (C=O) groups is 1. The summed E-state index contributed by atoms with van der Waals surface area (Å²) in [5.41, 5.74) is 0.875. The van der Waals surface area contributed by atoms with Gasteiger partial charge in [0.05, 0.1) is 19.0 Å². The van der Waals surface area contributed by atoms with Gasteiger partial charge in [-0.05, 0) is 12.5 Å². The van der Waals surface area contributed by atoms with E-state index in [1.165, 1.54) is 6.92 Å². The van der Waals surface area contributed by atoms with E-state index >= 15 is 0 Å². The zero-order chi connectivity index (χ0) is 13.9. The lowest BCUT2D eigenvalue weighted by Crippen LogP contribution is -2.47. The highest BCUT2D eigenvalue weighted by Crippen LogP contribution is 2.30. The molecule has 2 rings (SSSR count). The van der Waals surface area contributed by atoms with Gasteiger partial charge < -0.3 is 9.47 Å². The van der Waals surface area contributed by atoms with Crippen LogP contribution in [-0.2, 0) is 20.9 Å². The molecule has 1 aromatic carbocycles. The van der Waals surface area contributed by atoms with Gasteiger partial charge in [-0.3, -0.25) is 4.79 Å². The molecule has 1 heterocycles. The normalized spacial score (nSPS) is 21.7. The van der Waals surface area contributed by atoms with Crippen molar-refractivity contribution < 1.29 is 23.0 Å². The van der Waals surface area contributed by atoms with Crippen LogP contribution in [0.25, 0.3) is 0 Å². The maximum atomic E-state index is 13.6. The van der Waals surface area contributed by atoms with Crippen molar-refractivity contribution in [3.8, 4) is 0 Å². The third-order valence-corrected chi connectivity index (χ3v) is 2.78. The second-order valence-corrected chi connectivity index (χ2v) is 4.35. The standard InChI is InChI=1S/C14H14F2O3/c1-10-7-12(17)14(15,16)13(19-10)9-18-8-11-5-3-2-4-6-11/h2-7,13H,8-9H2,1H3. The molecule has 1 aliphatic rings. The van der Waals surface area contributed by atoms with Crippen molar-refractivity contribution >= 4 is 5.78 Å². The van der Waals surface area contributed by atoms with E-state index in [4.69, 9.17) is 9.47 Å². The fraction of sp³-hybridized carbons (Fsp3) is 0.357. The number of hydrogen-bond acceptors (Lipinski definition) is 3. The summed E-state index contributed by atoms with van der Waals surface area (Å²) in [7, 11) is 0. The van der Waals surface area contributed by atoms with Gasteiger partial charge in [-0.2, -0.15) is 8.78 Å². The molecule has 1 unspecified atom stereocenters. The fourth-order valence-corrected chi connectivity index (χ4v) is 1.77. The highest BCUT2D eigenvalue weighted by atomic mass is 19.3. The molecule has 0 spiro atoms. The van der Waals surface area contributed by atoms with Gasteiger partial charge in [0.15, 0.2) is 6.10 Å². The van der Waals surface area contributed by atoms with E-state index in [1.54, 1.807) is 0 Å². The van der Waals surface area contributed by atoms with Gasteiger partial charge in [0, 0.05) is 6.08 Å². The number of carbonyl (C=O) groups excluding carboxylic acids is 1. The average molecular weight is 268 g/mol. The Balaban J connectivity index is 1.92. The monoisotopic (exact) mass is 268 g/mol. The van der Waals surface area contributed by atoms with Gasteiger partial charge in [0.25, 0.3) is 0 Å². The Hall–Kier alpha value is -1.75. The first-order valence-corrected chi connectivity index (χ1v) is 5.89. The summed E-state index contributed by atoms with van der Waals surface area (Å²) in [5.74, 6) is -4.58. The van der Waals surface area contributed by atoms with Gasteiger partial charge in [-0.15, -0.1) is 0 Å². The molecule has 0 aromatic heterocycles. The Kier molecular flexibility index (Phi) is 3.95. The molecule has 0 bridgehead atoms. The molecule has 0 aliphatic carbocycles. The number of ether oxygens (including phenoxy) is 2. The number of halogens is 2. The van der Waals surface area contributed by atoms with Gasteiger partial charge in [-0.1, -0.05) is 30.3 Å². The number of alkyl halides is 2. The van der Waals surface area contributed by atoms with E-state index < -0.39 is 17.8 Å². The Labute approximate surface area is 109 Å². The van der Waals surface area contributed by atoms with Crippen LogP contribution in [0.1, 0.15) is 12.5 Å². The molecule has 0 radical (unpaired) electrons. The Morgan fingerprint density at radius 3 is 2.68 bits per heavy atom. The summed E-state index contributed by atoms with van der Waals surface area (Å²) < 4.78 is 37.3. The molecule has 0 saturated heterocycles. The van der Waals surface area contributed by atoms with Gasteiger partial charge in [-0.25, -0.2) is 0 Å². The van der Waals surface area contributed by atoms with Crippen LogP contribution in [0.4, 0.5) is 8.78 Å². The molecule has 0 saturated carbocycles. The van der Waals surface area contributed by atoms with E-state index in [2.05, 4.69) is 0 Å². The molecule has 1 aromatic rings. The molecule has 1 aliphatic heterocycles. The summed E-state index contributed by atoms with van der Waals surface area (Å²) in [6.45, 7) is 1.34. The van der Waals surface area contributed by atoms with E-state index in [0.29, 0.717) is 0 Å². The summed E-state index contributed by atoms with van der Waals surface area (Å²) in [5, 5.41) is 0. The molecule has 5 heteroatoms. The smallest absolute Gasteiger partial charge is 0.347 e. The first kappa shape index (κ1) is 13.7. The number of benzene rings is 1. The first-order valence-electron chi connectivity index (χ1n) is 5.89. The summed E-state index contributed by atoms with van der Waals surface area (Å²) in [4.78, 5) is 11.2. The van der Waals surface area contributed by atoms with Crippen LogP contribution in [0.5, 0.6) is 0 Å². The van der Waals surface area contributed by atoms with Crippen molar-refractivity contribution in [2.24, 2.45) is 0 Å². The number of rotatable bonds is 4. The topological polar surface area (TPSA) is 35.5 Å². The van der Waals surface area contributed by atoms with E-state index in [1.807, 2.05) is 30.3 Å². The van der Waals surface area contributed by atoms with Crippen molar-refractivity contribution in [3.63, 3.8) is 0 Å². The molecule has 0 amide bonds. The highest BCUT2D eigenvalue weighted by molar-refractivity contribution is 5.97. The van der Waals surface area contributed by atoms with Crippen LogP contribution in [-0.4, -0.2) is 24.4 Å². The minimum absolute atomic E-state index is 0.184. The third-order valence-electron chi connectivity index (χ3n) is 2.78. The molecular formula is C14H14F2O3. The lowest BCUT2D eigenvalue weighted by Gasteiger charge is -2.29. The SMILES string of the molecule is CC1=CC(=O)C(F)(F)C(COCc2ccccc2)O1.